The van der Waals surface area contributed by atoms with Crippen molar-refractivity contribution in [2.45, 2.75) is 51.2 Å². The molecular weight excluding hydrogens is 541 g/mol. The van der Waals surface area contributed by atoms with Crippen molar-refractivity contribution in [2.24, 2.45) is 0 Å². The van der Waals surface area contributed by atoms with Gasteiger partial charge >= 0.3 is 5.97 Å². The lowest BCUT2D eigenvalue weighted by Gasteiger charge is -2.33. The fourth-order valence-electron chi connectivity index (χ4n) is 3.71. The third-order valence-electron chi connectivity index (χ3n) is 5.29. The molecule has 0 saturated carbocycles. The number of hydrogen-bond acceptors (Lipinski definition) is 6. The van der Waals surface area contributed by atoms with Crippen LogP contribution in [-0.4, -0.2) is 33.2 Å². The molecule has 1 N–H and O–H groups in total. The van der Waals surface area contributed by atoms with E-state index < -0.39 is 18.3 Å². The first kappa shape index (κ1) is 23.1. The van der Waals surface area contributed by atoms with Gasteiger partial charge in [0.2, 0.25) is 0 Å². The maximum absolute atomic E-state index is 12.2. The number of nitrogens with zero attached hydrogens (tertiary/aromatic N) is 1. The lowest BCUT2D eigenvalue weighted by atomic mass is 10.1. The highest BCUT2D eigenvalue weighted by molar-refractivity contribution is 14.1. The predicted octanol–water partition coefficient (Wildman–Crippen LogP) is 5.39. The minimum absolute atomic E-state index is 0.178. The summed E-state index contributed by atoms with van der Waals surface area (Å²) in [7, 11) is 0. The molecule has 168 valence electrons. The number of aliphatic carboxylic acids is 1. The Morgan fingerprint density at radius 1 is 1.38 bits per heavy atom. The first-order valence-corrected chi connectivity index (χ1v) is 12.3. The smallest absolute Gasteiger partial charge is 0.333 e. The summed E-state index contributed by atoms with van der Waals surface area (Å²) in [5, 5.41) is 12.0. The van der Waals surface area contributed by atoms with Gasteiger partial charge in [0.15, 0.2) is 18.6 Å². The van der Waals surface area contributed by atoms with Crippen LogP contribution in [0.4, 0.5) is 0 Å². The number of rotatable bonds is 7. The maximum Gasteiger partial charge on any atom is 0.333 e. The normalized spacial score (nSPS) is 21.1. The van der Waals surface area contributed by atoms with E-state index in [1.54, 1.807) is 18.3 Å². The summed E-state index contributed by atoms with van der Waals surface area (Å²) < 4.78 is 19.8. The predicted molar refractivity (Wildman–Crippen MR) is 131 cm³/mol. The van der Waals surface area contributed by atoms with Crippen LogP contribution >= 0.6 is 34.2 Å². The summed E-state index contributed by atoms with van der Waals surface area (Å²) in [6.45, 7) is 2.46. The molecule has 2 aliphatic rings. The van der Waals surface area contributed by atoms with Gasteiger partial charge in [0.05, 0.1) is 29.5 Å². The number of benzene rings is 1. The van der Waals surface area contributed by atoms with E-state index in [0.717, 1.165) is 41.0 Å². The highest BCUT2D eigenvalue weighted by atomic mass is 127. The molecule has 8 heteroatoms. The van der Waals surface area contributed by atoms with Crippen molar-refractivity contribution in [2.75, 3.05) is 6.61 Å². The molecule has 0 spiro atoms. The van der Waals surface area contributed by atoms with Gasteiger partial charge in [0.1, 0.15) is 11.4 Å². The second kappa shape index (κ2) is 10.7. The molecule has 32 heavy (non-hydrogen) atoms. The van der Waals surface area contributed by atoms with Crippen LogP contribution in [0.15, 0.2) is 41.4 Å². The third-order valence-corrected chi connectivity index (χ3v) is 7.20. The zero-order chi connectivity index (χ0) is 22.5. The van der Waals surface area contributed by atoms with Gasteiger partial charge in [-0.05, 0) is 54.8 Å². The molecule has 0 amide bonds. The fraction of sp³-hybridized carbons (Fsp3) is 0.375. The molecule has 1 aromatic heterocycles. The highest BCUT2D eigenvalue weighted by Crippen LogP contribution is 2.41. The molecule has 0 bridgehead atoms. The average molecular weight is 565 g/mol. The minimum atomic E-state index is -1.06. The largest absolute Gasteiger partial charge is 0.479 e. The molecule has 6 nitrogen and oxygen atoms in total. The number of allylic oxidation sites excluding steroid dienone is 1. The van der Waals surface area contributed by atoms with Crippen molar-refractivity contribution in [3.05, 3.63) is 57.4 Å². The molecule has 0 aliphatic carbocycles. The Kier molecular flexibility index (Phi) is 7.73. The maximum atomic E-state index is 12.2. The van der Waals surface area contributed by atoms with Crippen LogP contribution < -0.4 is 4.74 Å². The summed E-state index contributed by atoms with van der Waals surface area (Å²) in [6, 6.07) is 9.46. The Labute approximate surface area is 205 Å². The Hall–Kier alpha value is -2.06. The summed E-state index contributed by atoms with van der Waals surface area (Å²) in [5.74, 6) is 5.61. The first-order valence-electron chi connectivity index (χ1n) is 10.5. The van der Waals surface area contributed by atoms with E-state index in [2.05, 4.69) is 34.7 Å². The quantitative estimate of drug-likeness (QED) is 0.276. The minimum Gasteiger partial charge on any atom is -0.479 e. The first-order chi connectivity index (χ1) is 15.6. The Balaban J connectivity index is 1.55. The van der Waals surface area contributed by atoms with Gasteiger partial charge in [-0.1, -0.05) is 24.1 Å². The van der Waals surface area contributed by atoms with Gasteiger partial charge in [-0.3, -0.25) is 3.11 Å². The summed E-state index contributed by atoms with van der Waals surface area (Å²) in [4.78, 5) is 13.2. The summed E-state index contributed by atoms with van der Waals surface area (Å²) in [5.41, 5.74) is 2.51. The van der Waals surface area contributed by atoms with E-state index >= 15 is 0 Å². The lowest BCUT2D eigenvalue weighted by molar-refractivity contribution is -0.158. The van der Waals surface area contributed by atoms with Crippen molar-refractivity contribution in [3.8, 4) is 17.6 Å². The number of para-hydroxylation sites is 1. The average Bonchev–Trinajstić information content (AvgIpc) is 3.26. The number of carboxylic acid groups (broad SMARTS) is 1. The zero-order valence-electron chi connectivity index (χ0n) is 17.6. The van der Waals surface area contributed by atoms with E-state index in [0.29, 0.717) is 12.4 Å². The second-order valence-electron chi connectivity index (χ2n) is 7.50. The van der Waals surface area contributed by atoms with Crippen LogP contribution in [0.3, 0.4) is 0 Å². The summed E-state index contributed by atoms with van der Waals surface area (Å²) >= 11 is 3.72. The van der Waals surface area contributed by atoms with E-state index in [1.807, 2.05) is 44.9 Å². The number of fused-ring (bicyclic) bond motifs is 1. The molecule has 0 radical (unpaired) electrons. The van der Waals surface area contributed by atoms with Gasteiger partial charge in [0.25, 0.3) is 0 Å². The highest BCUT2D eigenvalue weighted by Gasteiger charge is 2.33. The van der Waals surface area contributed by atoms with Crippen LogP contribution in [0.5, 0.6) is 5.75 Å². The second-order valence-corrected chi connectivity index (χ2v) is 9.48. The Morgan fingerprint density at radius 3 is 2.97 bits per heavy atom. The van der Waals surface area contributed by atoms with Crippen LogP contribution in [-0.2, 0) is 20.7 Å². The number of halogens is 1. The standard InChI is InChI=1S/C24H24INO5S/c1-2-7-17-15-21-18(11-13-32-21)23(26(17)25)31-20(24(27)28)14-16-8-3-4-9-19(16)30-22-10-5-6-12-29-22/h3-4,8-9,11,13,15,20,22-23H,5-6,10,12,14H2,1H3,(H,27,28)/t20-,22?,23?/m1/s1. The van der Waals surface area contributed by atoms with Crippen molar-refractivity contribution < 1.29 is 24.1 Å². The molecule has 2 aliphatic heterocycles. The van der Waals surface area contributed by atoms with Gasteiger partial charge < -0.3 is 19.3 Å². The zero-order valence-corrected chi connectivity index (χ0v) is 20.6. The van der Waals surface area contributed by atoms with Gasteiger partial charge in [-0.15, -0.1) is 11.3 Å². The molecule has 2 aromatic rings. The van der Waals surface area contributed by atoms with E-state index in [4.69, 9.17) is 14.2 Å². The molecular formula is C24H24INO5S. The molecule has 1 fully saturated rings. The number of thiophene rings is 1. The Bertz CT molecular complexity index is 1050. The Morgan fingerprint density at radius 2 is 2.22 bits per heavy atom. The summed E-state index contributed by atoms with van der Waals surface area (Å²) in [6.07, 6.45) is 3.20. The molecule has 3 heterocycles. The van der Waals surface area contributed by atoms with Crippen LogP contribution in [0.25, 0.3) is 6.08 Å². The monoisotopic (exact) mass is 565 g/mol. The SMILES string of the molecule is CC#CC1=Cc2sccc2C(O[C@H](Cc2ccccc2OC2CCCCO2)C(=O)O)N1I. The number of ether oxygens (including phenoxy) is 3. The van der Waals surface area contributed by atoms with E-state index in [1.165, 1.54) is 0 Å². The lowest BCUT2D eigenvalue weighted by Crippen LogP contribution is -2.34. The molecule has 3 atom stereocenters. The van der Waals surface area contributed by atoms with Crippen LogP contribution in [0.2, 0.25) is 0 Å². The van der Waals surface area contributed by atoms with Crippen molar-refractivity contribution >= 4 is 46.2 Å². The van der Waals surface area contributed by atoms with Crippen molar-refractivity contribution in [1.29, 1.82) is 0 Å². The molecule has 4 rings (SSSR count). The molecule has 1 aromatic carbocycles. The number of carbonyl (C=O) groups is 1. The van der Waals surface area contributed by atoms with E-state index in [9.17, 15) is 9.90 Å². The number of carboxylic acids is 1. The molecule has 2 unspecified atom stereocenters. The fourth-order valence-corrected chi connectivity index (χ4v) is 5.25. The third kappa shape index (κ3) is 5.29. The van der Waals surface area contributed by atoms with E-state index in [-0.39, 0.29) is 12.7 Å². The van der Waals surface area contributed by atoms with Crippen LogP contribution in [0, 0.1) is 11.8 Å². The van der Waals surface area contributed by atoms with Gasteiger partial charge in [0, 0.05) is 23.3 Å². The van der Waals surface area contributed by atoms with Crippen LogP contribution in [0.1, 0.15) is 48.4 Å². The van der Waals surface area contributed by atoms with Gasteiger partial charge in [-0.25, -0.2) is 4.79 Å². The van der Waals surface area contributed by atoms with Crippen molar-refractivity contribution in [3.63, 3.8) is 0 Å². The topological polar surface area (TPSA) is 68.2 Å². The number of hydrogen-bond donors (Lipinski definition) is 1. The van der Waals surface area contributed by atoms with Gasteiger partial charge in [-0.2, -0.15) is 0 Å². The van der Waals surface area contributed by atoms with Crippen molar-refractivity contribution in [1.82, 2.24) is 3.11 Å². The molecule has 1 saturated heterocycles.